The van der Waals surface area contributed by atoms with Gasteiger partial charge >= 0.3 is 0 Å². The molecule has 0 amide bonds. The largest absolute Gasteiger partial charge is 0.372 e. The molecule has 0 aromatic carbocycles. The van der Waals surface area contributed by atoms with E-state index in [-0.39, 0.29) is 6.10 Å². The fourth-order valence-corrected chi connectivity index (χ4v) is 3.23. The zero-order valence-corrected chi connectivity index (χ0v) is 10.1. The summed E-state index contributed by atoms with van der Waals surface area (Å²) in [6.45, 7) is 3.82. The minimum Gasteiger partial charge on any atom is -0.372 e. The summed E-state index contributed by atoms with van der Waals surface area (Å²) < 4.78 is 5.86. The van der Waals surface area contributed by atoms with Crippen LogP contribution in [0.25, 0.3) is 0 Å². The normalized spacial score (nSPS) is 26.8. The van der Waals surface area contributed by atoms with Crippen LogP contribution >= 0.6 is 11.3 Å². The van der Waals surface area contributed by atoms with Crippen LogP contribution in [0.5, 0.6) is 0 Å². The highest BCUT2D eigenvalue weighted by atomic mass is 32.1. The molecule has 0 aliphatic carbocycles. The van der Waals surface area contributed by atoms with E-state index >= 15 is 0 Å². The monoisotopic (exact) mass is 225 g/mol. The summed E-state index contributed by atoms with van der Waals surface area (Å²) in [7, 11) is 0. The molecule has 2 rings (SSSR count). The van der Waals surface area contributed by atoms with Crippen molar-refractivity contribution in [1.82, 2.24) is 0 Å². The van der Waals surface area contributed by atoms with Crippen LogP contribution in [0.1, 0.15) is 35.6 Å². The lowest BCUT2D eigenvalue weighted by Crippen LogP contribution is -2.28. The molecule has 0 bridgehead atoms. The Balaban J connectivity index is 2.12. The van der Waals surface area contributed by atoms with Gasteiger partial charge in [-0.05, 0) is 37.9 Å². The predicted molar refractivity (Wildman–Crippen MR) is 64.2 cm³/mol. The number of nitrogens with two attached hydrogens (primary N) is 1. The van der Waals surface area contributed by atoms with E-state index in [0.717, 1.165) is 26.0 Å². The van der Waals surface area contributed by atoms with Gasteiger partial charge in [-0.15, -0.1) is 11.3 Å². The van der Waals surface area contributed by atoms with E-state index in [2.05, 4.69) is 19.1 Å². The molecule has 1 fully saturated rings. The van der Waals surface area contributed by atoms with Crippen molar-refractivity contribution >= 4 is 11.3 Å². The van der Waals surface area contributed by atoms with Gasteiger partial charge < -0.3 is 10.5 Å². The van der Waals surface area contributed by atoms with Gasteiger partial charge in [0.15, 0.2) is 0 Å². The summed E-state index contributed by atoms with van der Waals surface area (Å²) >= 11 is 1.88. The molecule has 15 heavy (non-hydrogen) atoms. The van der Waals surface area contributed by atoms with E-state index in [1.54, 1.807) is 0 Å². The highest BCUT2D eigenvalue weighted by Crippen LogP contribution is 2.36. The van der Waals surface area contributed by atoms with Gasteiger partial charge in [-0.1, -0.05) is 6.92 Å². The van der Waals surface area contributed by atoms with E-state index in [1.165, 1.54) is 16.2 Å². The van der Waals surface area contributed by atoms with Crippen molar-refractivity contribution in [2.75, 3.05) is 13.2 Å². The van der Waals surface area contributed by atoms with Gasteiger partial charge in [0.1, 0.15) is 0 Å². The molecule has 2 N–H and O–H groups in total. The molecule has 0 saturated carbocycles. The van der Waals surface area contributed by atoms with Gasteiger partial charge in [-0.2, -0.15) is 0 Å². The molecular formula is C12H19NOS. The number of aryl methyl sites for hydroxylation is 1. The lowest BCUT2D eigenvalue weighted by atomic mass is 9.93. The van der Waals surface area contributed by atoms with Gasteiger partial charge in [-0.25, -0.2) is 0 Å². The molecule has 84 valence electrons. The van der Waals surface area contributed by atoms with Gasteiger partial charge in [-0.3, -0.25) is 0 Å². The van der Waals surface area contributed by atoms with Crippen LogP contribution in [-0.4, -0.2) is 13.2 Å². The second-order valence-electron chi connectivity index (χ2n) is 4.09. The van der Waals surface area contributed by atoms with Crippen LogP contribution in [0.4, 0.5) is 0 Å². The SMILES string of the molecule is CCc1ccc(C2OCCCC2CN)s1. The van der Waals surface area contributed by atoms with Crippen molar-refractivity contribution in [3.63, 3.8) is 0 Å². The van der Waals surface area contributed by atoms with Crippen LogP contribution < -0.4 is 5.73 Å². The Morgan fingerprint density at radius 2 is 2.40 bits per heavy atom. The number of ether oxygens (including phenoxy) is 1. The molecule has 1 aromatic heterocycles. The zero-order valence-electron chi connectivity index (χ0n) is 9.24. The quantitative estimate of drug-likeness (QED) is 0.858. The van der Waals surface area contributed by atoms with E-state index in [9.17, 15) is 0 Å². The minimum atomic E-state index is 0.258. The fourth-order valence-electron chi connectivity index (χ4n) is 2.14. The predicted octanol–water partition coefficient (Wildman–Crippen LogP) is 2.74. The summed E-state index contributed by atoms with van der Waals surface area (Å²) in [5.41, 5.74) is 5.79. The first-order valence-electron chi connectivity index (χ1n) is 5.75. The number of hydrogen-bond acceptors (Lipinski definition) is 3. The first-order valence-corrected chi connectivity index (χ1v) is 6.57. The Hall–Kier alpha value is -0.380. The average Bonchev–Trinajstić information content (AvgIpc) is 2.77. The topological polar surface area (TPSA) is 35.2 Å². The molecule has 2 heterocycles. The fraction of sp³-hybridized carbons (Fsp3) is 0.667. The molecule has 2 unspecified atom stereocenters. The average molecular weight is 225 g/mol. The third-order valence-corrected chi connectivity index (χ3v) is 4.35. The summed E-state index contributed by atoms with van der Waals surface area (Å²) in [5.74, 6) is 0.516. The summed E-state index contributed by atoms with van der Waals surface area (Å²) in [5, 5.41) is 0. The first-order chi connectivity index (χ1) is 7.35. The molecule has 1 aliphatic rings. The standard InChI is InChI=1S/C12H19NOS/c1-2-10-5-6-11(15-10)12-9(8-13)4-3-7-14-12/h5-6,9,12H,2-4,7-8,13H2,1H3. The van der Waals surface area contributed by atoms with E-state index < -0.39 is 0 Å². The zero-order chi connectivity index (χ0) is 10.7. The van der Waals surface area contributed by atoms with E-state index in [1.807, 2.05) is 11.3 Å². The number of thiophene rings is 1. The molecule has 2 atom stereocenters. The van der Waals surface area contributed by atoms with E-state index in [4.69, 9.17) is 10.5 Å². The van der Waals surface area contributed by atoms with Crippen molar-refractivity contribution < 1.29 is 4.74 Å². The Morgan fingerprint density at radius 3 is 3.07 bits per heavy atom. The highest BCUT2D eigenvalue weighted by molar-refractivity contribution is 7.12. The molecule has 1 aliphatic heterocycles. The van der Waals surface area contributed by atoms with Crippen LogP contribution in [0.3, 0.4) is 0 Å². The second kappa shape index (κ2) is 5.10. The number of hydrogen-bond donors (Lipinski definition) is 1. The lowest BCUT2D eigenvalue weighted by molar-refractivity contribution is -0.0229. The minimum absolute atomic E-state index is 0.258. The summed E-state index contributed by atoms with van der Waals surface area (Å²) in [4.78, 5) is 2.80. The van der Waals surface area contributed by atoms with Gasteiger partial charge in [0, 0.05) is 22.3 Å². The van der Waals surface area contributed by atoms with Crippen LogP contribution in [0, 0.1) is 5.92 Å². The Bertz CT molecular complexity index is 310. The summed E-state index contributed by atoms with van der Waals surface area (Å²) in [6, 6.07) is 4.42. The second-order valence-corrected chi connectivity index (χ2v) is 5.29. The van der Waals surface area contributed by atoms with Crippen LogP contribution in [0.2, 0.25) is 0 Å². The molecule has 2 nitrogen and oxygen atoms in total. The maximum absolute atomic E-state index is 5.86. The lowest BCUT2D eigenvalue weighted by Gasteiger charge is -2.30. The van der Waals surface area contributed by atoms with Gasteiger partial charge in [0.05, 0.1) is 6.10 Å². The molecule has 1 saturated heterocycles. The van der Waals surface area contributed by atoms with Crippen LogP contribution in [-0.2, 0) is 11.2 Å². The summed E-state index contributed by atoms with van der Waals surface area (Å²) in [6.07, 6.45) is 3.74. The highest BCUT2D eigenvalue weighted by Gasteiger charge is 2.27. The Labute approximate surface area is 95.4 Å². The molecule has 3 heteroatoms. The maximum atomic E-state index is 5.86. The van der Waals surface area contributed by atoms with Crippen LogP contribution in [0.15, 0.2) is 12.1 Å². The first kappa shape index (κ1) is 11.1. The Morgan fingerprint density at radius 1 is 1.53 bits per heavy atom. The number of rotatable bonds is 3. The molecule has 1 aromatic rings. The van der Waals surface area contributed by atoms with Crippen molar-refractivity contribution in [2.24, 2.45) is 11.7 Å². The molecule has 0 spiro atoms. The molecule has 0 radical (unpaired) electrons. The maximum Gasteiger partial charge on any atom is 0.0956 e. The van der Waals surface area contributed by atoms with Crippen molar-refractivity contribution in [2.45, 2.75) is 32.3 Å². The Kier molecular flexibility index (Phi) is 3.78. The van der Waals surface area contributed by atoms with Crippen molar-refractivity contribution in [3.05, 3.63) is 21.9 Å². The van der Waals surface area contributed by atoms with E-state index in [0.29, 0.717) is 5.92 Å². The van der Waals surface area contributed by atoms with Crippen molar-refractivity contribution in [1.29, 1.82) is 0 Å². The van der Waals surface area contributed by atoms with Crippen molar-refractivity contribution in [3.8, 4) is 0 Å². The third-order valence-electron chi connectivity index (χ3n) is 3.06. The smallest absolute Gasteiger partial charge is 0.0956 e. The third kappa shape index (κ3) is 2.41. The van der Waals surface area contributed by atoms with Gasteiger partial charge in [0.2, 0.25) is 0 Å². The molecular weight excluding hydrogens is 206 g/mol. The van der Waals surface area contributed by atoms with Gasteiger partial charge in [0.25, 0.3) is 0 Å².